The molecule has 0 aromatic heterocycles. The molecule has 0 unspecified atom stereocenters. The Labute approximate surface area is 178 Å². The maximum atomic E-state index is 13.0. The number of carbonyl (C=O) groups excluding carboxylic acids is 2. The van der Waals surface area contributed by atoms with E-state index in [9.17, 15) is 9.59 Å². The van der Waals surface area contributed by atoms with E-state index in [2.05, 4.69) is 4.90 Å². The second-order valence-corrected chi connectivity index (χ2v) is 8.37. The number of rotatable bonds is 4. The van der Waals surface area contributed by atoms with Crippen LogP contribution in [-0.4, -0.2) is 61.0 Å². The summed E-state index contributed by atoms with van der Waals surface area (Å²) in [5.41, 5.74) is 1.54. The maximum absolute atomic E-state index is 13.0. The van der Waals surface area contributed by atoms with E-state index < -0.39 is 0 Å². The Morgan fingerprint density at radius 1 is 1.03 bits per heavy atom. The number of hydrogen-bond donors (Lipinski definition) is 0. The highest BCUT2D eigenvalue weighted by Gasteiger charge is 2.32. The molecule has 3 aliphatic heterocycles. The van der Waals surface area contributed by atoms with Gasteiger partial charge >= 0.3 is 0 Å². The summed E-state index contributed by atoms with van der Waals surface area (Å²) >= 11 is 0. The Kier molecular flexibility index (Phi) is 6.60. The molecule has 3 aliphatic rings. The van der Waals surface area contributed by atoms with Gasteiger partial charge in [-0.15, -0.1) is 0 Å². The van der Waals surface area contributed by atoms with Crippen molar-refractivity contribution in [3.05, 3.63) is 29.3 Å². The quantitative estimate of drug-likeness (QED) is 0.759. The van der Waals surface area contributed by atoms with Gasteiger partial charge in [-0.3, -0.25) is 9.59 Å². The van der Waals surface area contributed by atoms with Crippen LogP contribution < -0.4 is 9.47 Å². The molecule has 162 valence electrons. The molecule has 2 saturated heterocycles. The Hall–Kier alpha value is -2.50. The fraction of sp³-hybridized carbons (Fsp3) is 0.583. The third kappa shape index (κ3) is 4.47. The molecule has 4 rings (SSSR count). The van der Waals surface area contributed by atoms with Crippen LogP contribution in [0.1, 0.15) is 51.0 Å². The van der Waals surface area contributed by atoms with Crippen molar-refractivity contribution in [1.29, 1.82) is 0 Å². The second kappa shape index (κ2) is 9.54. The highest BCUT2D eigenvalue weighted by atomic mass is 16.5. The van der Waals surface area contributed by atoms with Crippen LogP contribution in [0.2, 0.25) is 0 Å². The number of likely N-dealkylation sites (tertiary alicyclic amines) is 2. The van der Waals surface area contributed by atoms with E-state index in [4.69, 9.17) is 9.47 Å². The molecule has 6 heteroatoms. The Morgan fingerprint density at radius 3 is 2.47 bits per heavy atom. The number of fused-ring (bicyclic) bond motifs is 1. The van der Waals surface area contributed by atoms with Crippen molar-refractivity contribution < 1.29 is 19.1 Å². The van der Waals surface area contributed by atoms with Crippen LogP contribution in [0.25, 0.3) is 6.08 Å². The molecule has 1 aromatic carbocycles. The predicted octanol–water partition coefficient (Wildman–Crippen LogP) is 3.50. The van der Waals surface area contributed by atoms with E-state index >= 15 is 0 Å². The number of ether oxygens (including phenoxy) is 2. The van der Waals surface area contributed by atoms with E-state index in [0.29, 0.717) is 42.7 Å². The van der Waals surface area contributed by atoms with Crippen molar-refractivity contribution in [1.82, 2.24) is 9.80 Å². The van der Waals surface area contributed by atoms with Gasteiger partial charge in [0.2, 0.25) is 5.91 Å². The van der Waals surface area contributed by atoms with Gasteiger partial charge < -0.3 is 19.3 Å². The van der Waals surface area contributed by atoms with Crippen molar-refractivity contribution in [2.24, 2.45) is 5.92 Å². The molecule has 1 aromatic rings. The van der Waals surface area contributed by atoms with Crippen molar-refractivity contribution in [3.63, 3.8) is 0 Å². The van der Waals surface area contributed by atoms with Crippen LogP contribution in [0.4, 0.5) is 0 Å². The summed E-state index contributed by atoms with van der Waals surface area (Å²) in [6, 6.07) is 5.74. The second-order valence-electron chi connectivity index (χ2n) is 8.37. The largest absolute Gasteiger partial charge is 0.490 e. The lowest BCUT2D eigenvalue weighted by Gasteiger charge is -2.34. The van der Waals surface area contributed by atoms with Crippen LogP contribution in [0.3, 0.4) is 0 Å². The molecule has 0 aliphatic carbocycles. The first kappa shape index (κ1) is 20.8. The third-order valence-electron chi connectivity index (χ3n) is 6.33. The minimum absolute atomic E-state index is 0.0168. The van der Waals surface area contributed by atoms with Crippen LogP contribution in [0.5, 0.6) is 11.5 Å². The van der Waals surface area contributed by atoms with Crippen molar-refractivity contribution in [3.8, 4) is 11.5 Å². The smallest absolute Gasteiger partial charge is 0.253 e. The van der Waals surface area contributed by atoms with Crippen molar-refractivity contribution >= 4 is 17.9 Å². The molecule has 3 heterocycles. The summed E-state index contributed by atoms with van der Waals surface area (Å²) in [5, 5.41) is 0. The number of amides is 2. The van der Waals surface area contributed by atoms with Gasteiger partial charge in [0, 0.05) is 37.7 Å². The highest BCUT2D eigenvalue weighted by molar-refractivity contribution is 5.99. The fourth-order valence-electron chi connectivity index (χ4n) is 4.65. The molecular formula is C24H32N2O4. The molecule has 0 saturated carbocycles. The standard InChI is InChI=1S/C24H32N2O4/c1-2-29-21-9-7-8-19-16-20(17-30-22(19)21)24(28)26-14-10-18(11-15-26)23(27)25-12-5-3-4-6-13-25/h7-9,16,18H,2-6,10-15,17H2,1H3. The number of carbonyl (C=O) groups is 2. The zero-order valence-corrected chi connectivity index (χ0v) is 17.9. The molecule has 0 N–H and O–H groups in total. The normalized spacial score (nSPS) is 20.0. The number of piperidine rings is 1. The van der Waals surface area contributed by atoms with Gasteiger partial charge in [0.1, 0.15) is 6.61 Å². The van der Waals surface area contributed by atoms with Crippen LogP contribution in [-0.2, 0) is 9.59 Å². The summed E-state index contributed by atoms with van der Waals surface area (Å²) in [6.45, 7) is 5.81. The highest BCUT2D eigenvalue weighted by Crippen LogP contribution is 2.36. The lowest BCUT2D eigenvalue weighted by atomic mass is 9.94. The Morgan fingerprint density at radius 2 is 1.77 bits per heavy atom. The lowest BCUT2D eigenvalue weighted by molar-refractivity contribution is -0.139. The summed E-state index contributed by atoms with van der Waals surface area (Å²) in [6.07, 6.45) is 8.10. The van der Waals surface area contributed by atoms with Gasteiger partial charge in [0.05, 0.1) is 12.2 Å². The summed E-state index contributed by atoms with van der Waals surface area (Å²) in [7, 11) is 0. The minimum Gasteiger partial charge on any atom is -0.490 e. The SMILES string of the molecule is CCOc1cccc2c1OCC(C(=O)N1CCC(C(=O)N3CCCCCC3)CC1)=C2. The molecule has 30 heavy (non-hydrogen) atoms. The monoisotopic (exact) mass is 412 g/mol. The molecule has 2 amide bonds. The number of para-hydroxylation sites is 1. The first-order valence-corrected chi connectivity index (χ1v) is 11.3. The molecule has 0 radical (unpaired) electrons. The molecule has 0 atom stereocenters. The zero-order chi connectivity index (χ0) is 20.9. The van der Waals surface area contributed by atoms with Gasteiger partial charge in [-0.25, -0.2) is 0 Å². The maximum Gasteiger partial charge on any atom is 0.253 e. The van der Waals surface area contributed by atoms with E-state index in [0.717, 1.165) is 44.3 Å². The molecule has 0 spiro atoms. The molecule has 2 fully saturated rings. The average Bonchev–Trinajstić information content (AvgIpc) is 3.08. The van der Waals surface area contributed by atoms with Crippen molar-refractivity contribution in [2.45, 2.75) is 45.4 Å². The Balaban J connectivity index is 1.36. The van der Waals surface area contributed by atoms with Crippen LogP contribution in [0, 0.1) is 5.92 Å². The van der Waals surface area contributed by atoms with Gasteiger partial charge in [0.25, 0.3) is 5.91 Å². The van der Waals surface area contributed by atoms with Gasteiger partial charge in [-0.2, -0.15) is 0 Å². The topological polar surface area (TPSA) is 59.1 Å². The van der Waals surface area contributed by atoms with Gasteiger partial charge in [-0.1, -0.05) is 25.0 Å². The lowest BCUT2D eigenvalue weighted by Crippen LogP contribution is -2.45. The van der Waals surface area contributed by atoms with Gasteiger partial charge in [-0.05, 0) is 44.7 Å². The minimum atomic E-state index is 0.0168. The first-order valence-electron chi connectivity index (χ1n) is 11.3. The van der Waals surface area contributed by atoms with E-state index in [1.54, 1.807) is 0 Å². The van der Waals surface area contributed by atoms with E-state index in [1.807, 2.05) is 36.1 Å². The first-order chi connectivity index (χ1) is 14.7. The third-order valence-corrected chi connectivity index (χ3v) is 6.33. The summed E-state index contributed by atoms with van der Waals surface area (Å²) < 4.78 is 11.5. The van der Waals surface area contributed by atoms with E-state index in [1.165, 1.54) is 12.8 Å². The summed E-state index contributed by atoms with van der Waals surface area (Å²) in [5.74, 6) is 1.78. The predicted molar refractivity (Wildman–Crippen MR) is 115 cm³/mol. The number of nitrogens with zero attached hydrogens (tertiary/aromatic N) is 2. The molecule has 0 bridgehead atoms. The number of benzene rings is 1. The van der Waals surface area contributed by atoms with Crippen molar-refractivity contribution in [2.75, 3.05) is 39.4 Å². The van der Waals surface area contributed by atoms with E-state index in [-0.39, 0.29) is 18.4 Å². The Bertz CT molecular complexity index is 803. The number of hydrogen-bond acceptors (Lipinski definition) is 4. The molecular weight excluding hydrogens is 380 g/mol. The summed E-state index contributed by atoms with van der Waals surface area (Å²) in [4.78, 5) is 29.9. The van der Waals surface area contributed by atoms with Crippen LogP contribution in [0.15, 0.2) is 23.8 Å². The van der Waals surface area contributed by atoms with Gasteiger partial charge in [0.15, 0.2) is 11.5 Å². The average molecular weight is 413 g/mol. The van der Waals surface area contributed by atoms with Crippen LogP contribution >= 0.6 is 0 Å². The molecule has 6 nitrogen and oxygen atoms in total. The zero-order valence-electron chi connectivity index (χ0n) is 17.9. The fourth-order valence-corrected chi connectivity index (χ4v) is 4.65.